The fourth-order valence-corrected chi connectivity index (χ4v) is 2.42. The Kier molecular flexibility index (Phi) is 3.51. The average molecular weight is 309 g/mol. The zero-order valence-corrected chi connectivity index (χ0v) is 12.6. The van der Waals surface area contributed by atoms with Crippen molar-refractivity contribution in [1.82, 2.24) is 25.6 Å². The maximum absolute atomic E-state index is 12.1. The predicted molar refractivity (Wildman–Crippen MR) is 74.2 cm³/mol. The maximum Gasteiger partial charge on any atom is 0.407 e. The second-order valence-corrected chi connectivity index (χ2v) is 6.55. The molecule has 2 aliphatic rings. The summed E-state index contributed by atoms with van der Waals surface area (Å²) in [5, 5.41) is 13.2. The van der Waals surface area contributed by atoms with Crippen LogP contribution in [0.15, 0.2) is 6.20 Å². The molecule has 1 aromatic rings. The quantitative estimate of drug-likeness (QED) is 0.762. The molecule has 0 aliphatic carbocycles. The monoisotopic (exact) mass is 309 g/mol. The molecule has 2 N–H and O–H groups in total. The SMILES string of the molecule is CC1(Cn2cc(C(=O)NCC3(C)COC(=O)N3)nn2)COC1. The van der Waals surface area contributed by atoms with Crippen LogP contribution in [0.3, 0.4) is 0 Å². The number of carbonyl (C=O) groups is 2. The fraction of sp³-hybridized carbons (Fsp3) is 0.692. The van der Waals surface area contributed by atoms with Crippen LogP contribution in [-0.2, 0) is 16.0 Å². The molecule has 22 heavy (non-hydrogen) atoms. The van der Waals surface area contributed by atoms with Crippen LogP contribution in [0.1, 0.15) is 24.3 Å². The van der Waals surface area contributed by atoms with Crippen molar-refractivity contribution in [2.45, 2.75) is 25.9 Å². The Balaban J connectivity index is 1.54. The summed E-state index contributed by atoms with van der Waals surface area (Å²) >= 11 is 0. The van der Waals surface area contributed by atoms with Gasteiger partial charge in [-0.1, -0.05) is 12.1 Å². The number of amides is 2. The van der Waals surface area contributed by atoms with E-state index in [1.165, 1.54) is 0 Å². The van der Waals surface area contributed by atoms with E-state index in [9.17, 15) is 9.59 Å². The third-order valence-electron chi connectivity index (χ3n) is 3.78. The summed E-state index contributed by atoms with van der Waals surface area (Å²) in [5.41, 5.74) is -0.294. The van der Waals surface area contributed by atoms with Gasteiger partial charge in [0, 0.05) is 12.0 Å². The van der Waals surface area contributed by atoms with Crippen LogP contribution in [-0.4, -0.2) is 58.9 Å². The number of rotatable bonds is 5. The number of nitrogens with one attached hydrogen (secondary N) is 2. The molecule has 0 bridgehead atoms. The van der Waals surface area contributed by atoms with Crippen molar-refractivity contribution in [1.29, 1.82) is 0 Å². The lowest BCUT2D eigenvalue weighted by atomic mass is 9.89. The van der Waals surface area contributed by atoms with Gasteiger partial charge in [0.05, 0.1) is 31.5 Å². The molecule has 9 nitrogen and oxygen atoms in total. The third-order valence-corrected chi connectivity index (χ3v) is 3.78. The molecule has 9 heteroatoms. The van der Waals surface area contributed by atoms with Crippen LogP contribution in [0.4, 0.5) is 4.79 Å². The Labute approximate surface area is 127 Å². The largest absolute Gasteiger partial charge is 0.447 e. The minimum Gasteiger partial charge on any atom is -0.447 e. The molecule has 2 aliphatic heterocycles. The molecule has 1 aromatic heterocycles. The van der Waals surface area contributed by atoms with Crippen molar-refractivity contribution >= 4 is 12.0 Å². The minimum atomic E-state index is -0.598. The van der Waals surface area contributed by atoms with Crippen LogP contribution in [0, 0.1) is 5.41 Å². The summed E-state index contributed by atoms with van der Waals surface area (Å²) in [6, 6.07) is 0. The number of hydrogen-bond donors (Lipinski definition) is 2. The van der Waals surface area contributed by atoms with E-state index in [-0.39, 0.29) is 30.2 Å². The van der Waals surface area contributed by atoms with Gasteiger partial charge in [0.15, 0.2) is 5.69 Å². The number of alkyl carbamates (subject to hydrolysis) is 1. The van der Waals surface area contributed by atoms with Gasteiger partial charge in [0.2, 0.25) is 0 Å². The molecule has 2 saturated heterocycles. The van der Waals surface area contributed by atoms with Crippen LogP contribution in [0.25, 0.3) is 0 Å². The molecule has 1 unspecified atom stereocenters. The highest BCUT2D eigenvalue weighted by molar-refractivity contribution is 5.91. The molecule has 3 heterocycles. The Hall–Kier alpha value is -2.16. The average Bonchev–Trinajstić information content (AvgIpc) is 3.02. The highest BCUT2D eigenvalue weighted by Gasteiger charge is 2.36. The van der Waals surface area contributed by atoms with Gasteiger partial charge in [-0.2, -0.15) is 0 Å². The van der Waals surface area contributed by atoms with Crippen molar-refractivity contribution in [3.8, 4) is 0 Å². The lowest BCUT2D eigenvalue weighted by Crippen LogP contribution is -2.50. The topological polar surface area (TPSA) is 107 Å². The molecule has 0 aromatic carbocycles. The predicted octanol–water partition coefficient (Wildman–Crippen LogP) is -0.457. The Morgan fingerprint density at radius 1 is 1.45 bits per heavy atom. The van der Waals surface area contributed by atoms with Gasteiger partial charge >= 0.3 is 6.09 Å². The van der Waals surface area contributed by atoms with Gasteiger partial charge in [-0.05, 0) is 6.92 Å². The van der Waals surface area contributed by atoms with Gasteiger partial charge in [0.25, 0.3) is 5.91 Å². The van der Waals surface area contributed by atoms with E-state index in [0.29, 0.717) is 19.8 Å². The highest BCUT2D eigenvalue weighted by Crippen LogP contribution is 2.28. The van der Waals surface area contributed by atoms with Crippen molar-refractivity contribution in [2.24, 2.45) is 5.41 Å². The van der Waals surface area contributed by atoms with Crippen molar-refractivity contribution in [3.05, 3.63) is 11.9 Å². The van der Waals surface area contributed by atoms with Crippen LogP contribution >= 0.6 is 0 Å². The summed E-state index contributed by atoms with van der Waals surface area (Å²) in [6.45, 7) is 6.41. The Bertz CT molecular complexity index is 597. The summed E-state index contributed by atoms with van der Waals surface area (Å²) in [4.78, 5) is 23.1. The molecule has 2 fully saturated rings. The van der Waals surface area contributed by atoms with E-state index in [2.05, 4.69) is 27.9 Å². The van der Waals surface area contributed by atoms with Gasteiger partial charge in [-0.15, -0.1) is 5.10 Å². The smallest absolute Gasteiger partial charge is 0.407 e. The Morgan fingerprint density at radius 3 is 2.82 bits per heavy atom. The first-order valence-corrected chi connectivity index (χ1v) is 7.09. The van der Waals surface area contributed by atoms with Gasteiger partial charge in [-0.25, -0.2) is 4.79 Å². The van der Waals surface area contributed by atoms with E-state index in [1.807, 2.05) is 0 Å². The molecule has 0 spiro atoms. The molecule has 0 radical (unpaired) electrons. The number of cyclic esters (lactones) is 1. The van der Waals surface area contributed by atoms with E-state index in [0.717, 1.165) is 0 Å². The zero-order chi connectivity index (χ0) is 15.8. The molecule has 1 atom stereocenters. The standard InChI is InChI=1S/C13H19N5O4/c1-12(6-21-7-12)5-18-3-9(16-17-18)10(19)14-4-13(2)8-22-11(20)15-13/h3H,4-8H2,1-2H3,(H,14,19)(H,15,20). The third kappa shape index (κ3) is 3.03. The molecule has 120 valence electrons. The first-order valence-electron chi connectivity index (χ1n) is 7.09. The number of hydrogen-bond acceptors (Lipinski definition) is 6. The van der Waals surface area contributed by atoms with E-state index in [4.69, 9.17) is 9.47 Å². The second kappa shape index (κ2) is 5.24. The van der Waals surface area contributed by atoms with Crippen LogP contribution < -0.4 is 10.6 Å². The number of carbonyl (C=O) groups excluding carboxylic acids is 2. The molecular weight excluding hydrogens is 290 g/mol. The minimum absolute atomic E-state index is 0.0559. The van der Waals surface area contributed by atoms with Gasteiger partial charge < -0.3 is 20.1 Å². The number of aromatic nitrogens is 3. The molecule has 0 saturated carbocycles. The number of ether oxygens (including phenoxy) is 2. The zero-order valence-electron chi connectivity index (χ0n) is 12.6. The van der Waals surface area contributed by atoms with Crippen LogP contribution in [0.2, 0.25) is 0 Å². The van der Waals surface area contributed by atoms with Crippen LogP contribution in [0.5, 0.6) is 0 Å². The maximum atomic E-state index is 12.1. The Morgan fingerprint density at radius 2 is 2.23 bits per heavy atom. The second-order valence-electron chi connectivity index (χ2n) is 6.55. The van der Waals surface area contributed by atoms with Gasteiger partial charge in [0.1, 0.15) is 6.61 Å². The van der Waals surface area contributed by atoms with Gasteiger partial charge in [-0.3, -0.25) is 9.48 Å². The lowest BCUT2D eigenvalue weighted by Gasteiger charge is -2.37. The van der Waals surface area contributed by atoms with Crippen molar-refractivity contribution in [3.63, 3.8) is 0 Å². The molecule has 3 rings (SSSR count). The van der Waals surface area contributed by atoms with E-state index >= 15 is 0 Å². The molecular formula is C13H19N5O4. The van der Waals surface area contributed by atoms with E-state index in [1.54, 1.807) is 17.8 Å². The summed E-state index contributed by atoms with van der Waals surface area (Å²) in [5.74, 6) is -0.330. The first kappa shape index (κ1) is 14.8. The fourth-order valence-electron chi connectivity index (χ4n) is 2.42. The number of nitrogens with zero attached hydrogens (tertiary/aromatic N) is 3. The normalized spacial score (nSPS) is 26.0. The highest BCUT2D eigenvalue weighted by atomic mass is 16.6. The van der Waals surface area contributed by atoms with Crippen molar-refractivity contribution < 1.29 is 19.1 Å². The molecule has 2 amide bonds. The summed E-state index contributed by atoms with van der Waals surface area (Å²) in [6.07, 6.45) is 1.14. The van der Waals surface area contributed by atoms with Crippen molar-refractivity contribution in [2.75, 3.05) is 26.4 Å². The lowest BCUT2D eigenvalue weighted by molar-refractivity contribution is -0.111. The van der Waals surface area contributed by atoms with E-state index < -0.39 is 11.6 Å². The first-order chi connectivity index (χ1) is 10.4. The summed E-state index contributed by atoms with van der Waals surface area (Å²) in [7, 11) is 0. The summed E-state index contributed by atoms with van der Waals surface area (Å²) < 4.78 is 11.7.